The van der Waals surface area contributed by atoms with Gasteiger partial charge in [-0.2, -0.15) is 0 Å². The van der Waals surface area contributed by atoms with E-state index in [9.17, 15) is 35.1 Å². The van der Waals surface area contributed by atoms with Gasteiger partial charge < -0.3 is 0 Å². The van der Waals surface area contributed by atoms with Crippen molar-refractivity contribution in [2.24, 2.45) is 5.92 Å². The van der Waals surface area contributed by atoms with Crippen molar-refractivity contribution in [1.29, 1.82) is 0 Å². The Morgan fingerprint density at radius 1 is 0.867 bits per heavy atom. The van der Waals surface area contributed by atoms with E-state index in [2.05, 4.69) is 0 Å². The third kappa shape index (κ3) is 7.97. The molecule has 0 fully saturated rings. The van der Waals surface area contributed by atoms with Crippen LogP contribution in [0, 0.1) is 17.6 Å². The molecule has 0 nitrogen and oxygen atoms in total. The third-order valence-corrected chi connectivity index (χ3v) is 7.77. The molecule has 0 aliphatic heterocycles. The van der Waals surface area contributed by atoms with E-state index in [1.165, 1.54) is 12.1 Å². The van der Waals surface area contributed by atoms with E-state index >= 15 is 0 Å². The van der Waals surface area contributed by atoms with Crippen LogP contribution in [-0.4, -0.2) is 49.9 Å². The molecule has 0 aliphatic rings. The Hall–Kier alpha value is -0.910. The molecule has 1 aromatic carbocycles. The highest BCUT2D eigenvalue weighted by molar-refractivity contribution is 7.65. The molecule has 0 aliphatic carbocycles. The molecular formula is C21H29F8P. The Labute approximate surface area is 174 Å². The highest BCUT2D eigenvalue weighted by atomic mass is 31.1. The van der Waals surface area contributed by atoms with E-state index in [1.807, 2.05) is 13.8 Å². The lowest BCUT2D eigenvalue weighted by atomic mass is 10.0. The Morgan fingerprint density at radius 2 is 1.50 bits per heavy atom. The Morgan fingerprint density at radius 3 is 2.10 bits per heavy atom. The quantitative estimate of drug-likeness (QED) is 0.207. The van der Waals surface area contributed by atoms with Gasteiger partial charge in [-0.15, -0.1) is 0 Å². The Bertz CT molecular complexity index is 617. The average molecular weight is 464 g/mol. The number of benzene rings is 1. The summed E-state index contributed by atoms with van der Waals surface area (Å²) in [5, 5.41) is -0.0960. The molecule has 174 valence electrons. The number of rotatable bonds is 14. The van der Waals surface area contributed by atoms with Crippen LogP contribution >= 0.6 is 7.92 Å². The fourth-order valence-corrected chi connectivity index (χ4v) is 6.07. The summed E-state index contributed by atoms with van der Waals surface area (Å²) in [5.41, 5.74) is 0. The van der Waals surface area contributed by atoms with Crippen LogP contribution in [0.3, 0.4) is 0 Å². The van der Waals surface area contributed by atoms with Gasteiger partial charge in [0.25, 0.3) is 0 Å². The molecule has 0 spiro atoms. The molecular weight excluding hydrogens is 435 g/mol. The van der Waals surface area contributed by atoms with Gasteiger partial charge >= 0.3 is 0 Å². The average Bonchev–Trinajstić information content (AvgIpc) is 2.71. The summed E-state index contributed by atoms with van der Waals surface area (Å²) in [6.45, 7) is 2.82. The molecule has 0 N–H and O–H groups in total. The zero-order valence-electron chi connectivity index (χ0n) is 17.1. The molecule has 0 heterocycles. The molecule has 0 saturated heterocycles. The molecule has 0 amide bonds. The minimum atomic E-state index is -3.07. The van der Waals surface area contributed by atoms with Gasteiger partial charge in [-0.1, -0.05) is 46.7 Å². The fourth-order valence-electron chi connectivity index (χ4n) is 3.29. The van der Waals surface area contributed by atoms with Gasteiger partial charge in [-0.05, 0) is 31.0 Å². The fraction of sp³-hybridized carbons (Fsp3) is 0.714. The van der Waals surface area contributed by atoms with Gasteiger partial charge in [-0.25, -0.2) is 30.7 Å². The first kappa shape index (κ1) is 27.1. The van der Waals surface area contributed by atoms with E-state index in [1.54, 1.807) is 0 Å². The normalized spacial score (nSPS) is 19.0. The van der Waals surface area contributed by atoms with Gasteiger partial charge in [0, 0.05) is 11.5 Å². The van der Waals surface area contributed by atoms with Crippen LogP contribution in [-0.2, 0) is 0 Å². The standard InChI is InChI=1S/C21H29F8P/c1-3-6-13(2)11-30(17-9-4-7-14(23)18(17)26)12-16(25)20(28)21(29)19(27)15(24)8-5-10-22/h4,7,9,13,15-16,19-21H,3,5-6,8,10-12H2,1-2H3. The van der Waals surface area contributed by atoms with Crippen LogP contribution in [0.1, 0.15) is 39.5 Å². The minimum absolute atomic E-state index is 0.0000552. The predicted octanol–water partition coefficient (Wildman–Crippen LogP) is 6.95. The third-order valence-electron chi connectivity index (χ3n) is 4.89. The lowest BCUT2D eigenvalue weighted by Crippen LogP contribution is -2.41. The Kier molecular flexibility index (Phi) is 12.2. The first-order valence-electron chi connectivity index (χ1n) is 10.1. The van der Waals surface area contributed by atoms with Crippen molar-refractivity contribution in [3.63, 3.8) is 0 Å². The van der Waals surface area contributed by atoms with Crippen molar-refractivity contribution < 1.29 is 35.1 Å². The van der Waals surface area contributed by atoms with Crippen molar-refractivity contribution >= 4 is 13.2 Å². The second-order valence-corrected chi connectivity index (χ2v) is 9.86. The van der Waals surface area contributed by atoms with Crippen molar-refractivity contribution in [3.8, 4) is 0 Å². The summed E-state index contributed by atoms with van der Waals surface area (Å²) in [7, 11) is -1.75. The second-order valence-electron chi connectivity index (χ2n) is 7.57. The minimum Gasteiger partial charge on any atom is -0.251 e. The van der Waals surface area contributed by atoms with Gasteiger partial charge in [0.05, 0.1) is 6.67 Å². The van der Waals surface area contributed by atoms with Crippen molar-refractivity contribution in [3.05, 3.63) is 29.8 Å². The summed E-state index contributed by atoms with van der Waals surface area (Å²) in [4.78, 5) is 0. The molecule has 0 saturated carbocycles. The summed E-state index contributed by atoms with van der Waals surface area (Å²) in [6.07, 6.45) is -13.8. The molecule has 7 atom stereocenters. The smallest absolute Gasteiger partial charge is 0.168 e. The summed E-state index contributed by atoms with van der Waals surface area (Å²) >= 11 is 0. The zero-order chi connectivity index (χ0) is 22.8. The molecule has 7 unspecified atom stereocenters. The lowest BCUT2D eigenvalue weighted by molar-refractivity contribution is 0.00362. The molecule has 1 aromatic rings. The van der Waals surface area contributed by atoms with E-state index in [0.717, 1.165) is 18.9 Å². The molecule has 0 aromatic heterocycles. The Balaban J connectivity index is 2.94. The van der Waals surface area contributed by atoms with E-state index in [4.69, 9.17) is 0 Å². The van der Waals surface area contributed by atoms with Gasteiger partial charge in [0.15, 0.2) is 30.1 Å². The van der Waals surface area contributed by atoms with Crippen LogP contribution in [0.2, 0.25) is 0 Å². The van der Waals surface area contributed by atoms with Crippen LogP contribution < -0.4 is 5.30 Å². The summed E-state index contributed by atoms with van der Waals surface area (Å²) in [5.74, 6) is -2.29. The maximum absolute atomic E-state index is 14.6. The van der Waals surface area contributed by atoms with Crippen molar-refractivity contribution in [1.82, 2.24) is 0 Å². The molecule has 0 bridgehead atoms. The first-order valence-corrected chi connectivity index (χ1v) is 11.8. The van der Waals surface area contributed by atoms with E-state index < -0.39 is 69.7 Å². The zero-order valence-corrected chi connectivity index (χ0v) is 18.0. The van der Waals surface area contributed by atoms with Crippen LogP contribution in [0.5, 0.6) is 0 Å². The largest absolute Gasteiger partial charge is 0.251 e. The molecule has 0 radical (unpaired) electrons. The SMILES string of the molecule is CCCC(C)CP(CC(F)C(F)C(F)C(F)C(F)CCCF)c1cccc(F)c1F. The van der Waals surface area contributed by atoms with Crippen LogP contribution in [0.15, 0.2) is 18.2 Å². The highest BCUT2D eigenvalue weighted by Gasteiger charge is 2.41. The lowest BCUT2D eigenvalue weighted by Gasteiger charge is -2.27. The molecule has 9 heteroatoms. The maximum Gasteiger partial charge on any atom is 0.168 e. The van der Waals surface area contributed by atoms with Gasteiger partial charge in [0.2, 0.25) is 0 Å². The van der Waals surface area contributed by atoms with Crippen LogP contribution in [0.4, 0.5) is 35.1 Å². The monoisotopic (exact) mass is 464 g/mol. The number of halogens is 8. The molecule has 1 rings (SSSR count). The highest BCUT2D eigenvalue weighted by Crippen LogP contribution is 2.41. The van der Waals surface area contributed by atoms with Gasteiger partial charge in [-0.3, -0.25) is 4.39 Å². The van der Waals surface area contributed by atoms with Crippen LogP contribution in [0.25, 0.3) is 0 Å². The number of hydrogen-bond donors (Lipinski definition) is 0. The number of hydrogen-bond acceptors (Lipinski definition) is 0. The van der Waals surface area contributed by atoms with Crippen molar-refractivity contribution in [2.45, 2.75) is 70.4 Å². The predicted molar refractivity (Wildman–Crippen MR) is 106 cm³/mol. The molecule has 30 heavy (non-hydrogen) atoms. The van der Waals surface area contributed by atoms with Crippen molar-refractivity contribution in [2.75, 3.05) is 19.0 Å². The van der Waals surface area contributed by atoms with Gasteiger partial charge in [0.1, 0.15) is 12.3 Å². The van der Waals surface area contributed by atoms with E-state index in [-0.39, 0.29) is 23.8 Å². The van der Waals surface area contributed by atoms with E-state index in [0.29, 0.717) is 0 Å². The topological polar surface area (TPSA) is 0 Å². The first-order chi connectivity index (χ1) is 14.1. The maximum atomic E-state index is 14.6. The summed E-state index contributed by atoms with van der Waals surface area (Å²) in [6, 6.07) is 3.43. The summed E-state index contributed by atoms with van der Waals surface area (Å²) < 4.78 is 110. The second kappa shape index (κ2) is 13.5. The number of alkyl halides is 6.